The molecule has 1 aromatic heterocycles. The molecule has 1 heterocycles. The highest BCUT2D eigenvalue weighted by molar-refractivity contribution is 9.10. The Labute approximate surface area is 115 Å². The topological polar surface area (TPSA) is 40.7 Å². The van der Waals surface area contributed by atoms with E-state index < -0.39 is 0 Å². The van der Waals surface area contributed by atoms with Crippen molar-refractivity contribution in [2.75, 3.05) is 0 Å². The Bertz CT molecular complexity index is 522. The molecule has 4 heteroatoms. The number of imidazole rings is 1. The van der Waals surface area contributed by atoms with Crippen molar-refractivity contribution < 1.29 is 0 Å². The fourth-order valence-corrected chi connectivity index (χ4v) is 2.94. The SMILES string of the molecule is Brc1ccc2c(c1)CCC(NCc1ncc[nH]1)C2. The van der Waals surface area contributed by atoms with Crippen LogP contribution in [0.5, 0.6) is 0 Å². The summed E-state index contributed by atoms with van der Waals surface area (Å²) in [6, 6.07) is 7.18. The molecule has 3 rings (SSSR count). The molecule has 0 radical (unpaired) electrons. The Kier molecular flexibility index (Phi) is 3.48. The number of nitrogens with zero attached hydrogens (tertiary/aromatic N) is 1. The lowest BCUT2D eigenvalue weighted by atomic mass is 9.88. The van der Waals surface area contributed by atoms with Gasteiger partial charge in [-0.05, 0) is 42.5 Å². The first-order valence-corrected chi connectivity index (χ1v) is 7.09. The predicted molar refractivity (Wildman–Crippen MR) is 75.4 cm³/mol. The minimum atomic E-state index is 0.559. The van der Waals surface area contributed by atoms with E-state index in [9.17, 15) is 0 Å². The van der Waals surface area contributed by atoms with E-state index in [4.69, 9.17) is 0 Å². The lowest BCUT2D eigenvalue weighted by Gasteiger charge is -2.25. The van der Waals surface area contributed by atoms with Gasteiger partial charge in [-0.1, -0.05) is 22.0 Å². The Balaban J connectivity index is 1.62. The standard InChI is InChI=1S/C14H16BrN3/c15-12-3-1-11-8-13(4-2-10(11)7-12)18-9-14-16-5-6-17-14/h1,3,5-7,13,18H,2,4,8-9H2,(H,16,17). The third-order valence-corrected chi connectivity index (χ3v) is 4.00. The van der Waals surface area contributed by atoms with E-state index >= 15 is 0 Å². The molecule has 0 spiro atoms. The molecule has 1 aliphatic carbocycles. The van der Waals surface area contributed by atoms with Gasteiger partial charge >= 0.3 is 0 Å². The molecule has 2 N–H and O–H groups in total. The second kappa shape index (κ2) is 5.24. The smallest absolute Gasteiger partial charge is 0.120 e. The van der Waals surface area contributed by atoms with E-state index in [0.29, 0.717) is 6.04 Å². The van der Waals surface area contributed by atoms with Crippen molar-refractivity contribution in [1.29, 1.82) is 0 Å². The molecule has 2 aromatic rings. The van der Waals surface area contributed by atoms with E-state index in [2.05, 4.69) is 49.4 Å². The van der Waals surface area contributed by atoms with Crippen LogP contribution in [0.15, 0.2) is 35.1 Å². The highest BCUT2D eigenvalue weighted by Crippen LogP contribution is 2.24. The summed E-state index contributed by atoms with van der Waals surface area (Å²) in [5, 5.41) is 3.57. The minimum Gasteiger partial charge on any atom is -0.348 e. The number of halogens is 1. The molecular weight excluding hydrogens is 290 g/mol. The Morgan fingerprint density at radius 3 is 3.17 bits per heavy atom. The van der Waals surface area contributed by atoms with Crippen LogP contribution in [0.2, 0.25) is 0 Å². The summed E-state index contributed by atoms with van der Waals surface area (Å²) in [6.45, 7) is 0.823. The van der Waals surface area contributed by atoms with Crippen molar-refractivity contribution in [1.82, 2.24) is 15.3 Å². The third-order valence-electron chi connectivity index (χ3n) is 3.51. The molecule has 1 aromatic carbocycles. The fraction of sp³-hybridized carbons (Fsp3) is 0.357. The number of hydrogen-bond acceptors (Lipinski definition) is 2. The number of rotatable bonds is 3. The first-order valence-electron chi connectivity index (χ1n) is 6.30. The van der Waals surface area contributed by atoms with Gasteiger partial charge in [-0.3, -0.25) is 0 Å². The van der Waals surface area contributed by atoms with E-state index in [0.717, 1.165) is 25.2 Å². The van der Waals surface area contributed by atoms with Crippen LogP contribution in [-0.2, 0) is 19.4 Å². The number of fused-ring (bicyclic) bond motifs is 1. The monoisotopic (exact) mass is 305 g/mol. The molecule has 1 aliphatic rings. The van der Waals surface area contributed by atoms with Crippen LogP contribution >= 0.6 is 15.9 Å². The molecule has 0 fully saturated rings. The number of aryl methyl sites for hydroxylation is 1. The number of aromatic nitrogens is 2. The molecule has 94 valence electrons. The van der Waals surface area contributed by atoms with Gasteiger partial charge in [-0.2, -0.15) is 0 Å². The van der Waals surface area contributed by atoms with Gasteiger partial charge in [0.05, 0.1) is 6.54 Å². The number of hydrogen-bond donors (Lipinski definition) is 2. The highest BCUT2D eigenvalue weighted by atomic mass is 79.9. The number of H-pyrrole nitrogens is 1. The number of nitrogens with one attached hydrogen (secondary N) is 2. The van der Waals surface area contributed by atoms with Gasteiger partial charge in [0.25, 0.3) is 0 Å². The summed E-state index contributed by atoms with van der Waals surface area (Å²) in [6.07, 6.45) is 7.13. The zero-order chi connectivity index (χ0) is 12.4. The van der Waals surface area contributed by atoms with Crippen molar-refractivity contribution in [3.8, 4) is 0 Å². The van der Waals surface area contributed by atoms with Crippen LogP contribution < -0.4 is 5.32 Å². The van der Waals surface area contributed by atoms with Crippen LogP contribution in [-0.4, -0.2) is 16.0 Å². The lowest BCUT2D eigenvalue weighted by Crippen LogP contribution is -2.34. The first kappa shape index (κ1) is 11.9. The molecule has 1 unspecified atom stereocenters. The summed E-state index contributed by atoms with van der Waals surface area (Å²) in [5.41, 5.74) is 2.96. The van der Waals surface area contributed by atoms with Crippen molar-refractivity contribution in [3.63, 3.8) is 0 Å². The van der Waals surface area contributed by atoms with Gasteiger partial charge in [0.15, 0.2) is 0 Å². The van der Waals surface area contributed by atoms with E-state index in [1.807, 2.05) is 6.20 Å². The van der Waals surface area contributed by atoms with Crippen LogP contribution in [0.4, 0.5) is 0 Å². The zero-order valence-electron chi connectivity index (χ0n) is 10.1. The van der Waals surface area contributed by atoms with Crippen LogP contribution in [0.3, 0.4) is 0 Å². The summed E-state index contributed by atoms with van der Waals surface area (Å²) < 4.78 is 1.18. The van der Waals surface area contributed by atoms with Crippen LogP contribution in [0.1, 0.15) is 23.4 Å². The molecule has 1 atom stereocenters. The Morgan fingerprint density at radius 2 is 2.33 bits per heavy atom. The third kappa shape index (κ3) is 2.65. The normalized spacial score (nSPS) is 18.6. The molecular formula is C14H16BrN3. The predicted octanol–water partition coefficient (Wildman–Crippen LogP) is 2.82. The largest absolute Gasteiger partial charge is 0.348 e. The van der Waals surface area contributed by atoms with Gasteiger partial charge in [-0.15, -0.1) is 0 Å². The molecule has 0 bridgehead atoms. The molecule has 0 saturated carbocycles. The maximum Gasteiger partial charge on any atom is 0.120 e. The summed E-state index contributed by atoms with van der Waals surface area (Å²) in [7, 11) is 0. The molecule has 0 saturated heterocycles. The second-order valence-corrected chi connectivity index (χ2v) is 5.69. The van der Waals surface area contributed by atoms with E-state index in [1.165, 1.54) is 22.0 Å². The molecule has 0 aliphatic heterocycles. The minimum absolute atomic E-state index is 0.559. The summed E-state index contributed by atoms with van der Waals surface area (Å²) in [5.74, 6) is 1.01. The van der Waals surface area contributed by atoms with Gasteiger partial charge in [0.1, 0.15) is 5.82 Å². The average molecular weight is 306 g/mol. The van der Waals surface area contributed by atoms with Crippen molar-refractivity contribution in [2.24, 2.45) is 0 Å². The van der Waals surface area contributed by atoms with Crippen LogP contribution in [0.25, 0.3) is 0 Å². The van der Waals surface area contributed by atoms with Crippen molar-refractivity contribution in [2.45, 2.75) is 31.8 Å². The second-order valence-electron chi connectivity index (χ2n) is 4.77. The summed E-state index contributed by atoms with van der Waals surface area (Å²) >= 11 is 3.53. The maximum absolute atomic E-state index is 4.23. The van der Waals surface area contributed by atoms with Gasteiger partial charge in [-0.25, -0.2) is 4.98 Å². The molecule has 0 amide bonds. The van der Waals surface area contributed by atoms with E-state index in [-0.39, 0.29) is 0 Å². The lowest BCUT2D eigenvalue weighted by molar-refractivity contribution is 0.452. The highest BCUT2D eigenvalue weighted by Gasteiger charge is 2.18. The number of benzene rings is 1. The Hall–Kier alpha value is -1.13. The average Bonchev–Trinajstić information content (AvgIpc) is 2.89. The van der Waals surface area contributed by atoms with Crippen molar-refractivity contribution in [3.05, 3.63) is 52.0 Å². The van der Waals surface area contributed by atoms with Gasteiger partial charge in [0.2, 0.25) is 0 Å². The first-order chi connectivity index (χ1) is 8.81. The number of aromatic amines is 1. The van der Waals surface area contributed by atoms with Crippen molar-refractivity contribution >= 4 is 15.9 Å². The van der Waals surface area contributed by atoms with Gasteiger partial charge in [0, 0.05) is 22.9 Å². The molecule has 18 heavy (non-hydrogen) atoms. The molecule has 3 nitrogen and oxygen atoms in total. The summed E-state index contributed by atoms with van der Waals surface area (Å²) in [4.78, 5) is 7.36. The quantitative estimate of drug-likeness (QED) is 0.915. The zero-order valence-corrected chi connectivity index (χ0v) is 11.7. The Morgan fingerprint density at radius 1 is 1.39 bits per heavy atom. The van der Waals surface area contributed by atoms with Gasteiger partial charge < -0.3 is 10.3 Å². The van der Waals surface area contributed by atoms with E-state index in [1.54, 1.807) is 6.20 Å². The van der Waals surface area contributed by atoms with Crippen LogP contribution in [0, 0.1) is 0 Å². The fourth-order valence-electron chi connectivity index (χ4n) is 2.53. The maximum atomic E-state index is 4.23.